The van der Waals surface area contributed by atoms with E-state index in [2.05, 4.69) is 26.7 Å². The van der Waals surface area contributed by atoms with E-state index >= 15 is 0 Å². The van der Waals surface area contributed by atoms with Crippen molar-refractivity contribution in [2.45, 2.75) is 26.8 Å². The fourth-order valence-corrected chi connectivity index (χ4v) is 3.98. The molecular weight excluding hydrogens is 400 g/mol. The number of nitrogens with one attached hydrogen (secondary N) is 1. The van der Waals surface area contributed by atoms with Crippen molar-refractivity contribution >= 4 is 34.5 Å². The number of benzene rings is 1. The molecule has 3 aromatic rings. The summed E-state index contributed by atoms with van der Waals surface area (Å²) in [6, 6.07) is 9.44. The second-order valence-electron chi connectivity index (χ2n) is 7.60. The Balaban J connectivity index is 1.31. The minimum atomic E-state index is -0.0763. The van der Waals surface area contributed by atoms with Gasteiger partial charge in [-0.1, -0.05) is 24.6 Å². The van der Waals surface area contributed by atoms with Gasteiger partial charge in [0.15, 0.2) is 5.65 Å². The molecule has 2 aromatic heterocycles. The van der Waals surface area contributed by atoms with E-state index in [0.717, 1.165) is 60.8 Å². The molecule has 1 aliphatic heterocycles. The Bertz CT molecular complexity index is 1040. The zero-order chi connectivity index (χ0) is 21.1. The molecular formula is C22H27ClN6O. The van der Waals surface area contributed by atoms with Crippen LogP contribution < -0.4 is 5.32 Å². The highest BCUT2D eigenvalue weighted by Crippen LogP contribution is 2.20. The topological polar surface area (TPSA) is 66.3 Å². The molecule has 1 saturated heterocycles. The molecule has 3 heterocycles. The van der Waals surface area contributed by atoms with E-state index in [1.165, 1.54) is 0 Å². The molecule has 2 amide bonds. The highest BCUT2D eigenvalue weighted by molar-refractivity contribution is 6.31. The maximum absolute atomic E-state index is 12.6. The first-order valence-electron chi connectivity index (χ1n) is 10.4. The van der Waals surface area contributed by atoms with Gasteiger partial charge < -0.3 is 14.8 Å². The Labute approximate surface area is 181 Å². The number of halogens is 1. The van der Waals surface area contributed by atoms with Crippen molar-refractivity contribution in [2.24, 2.45) is 0 Å². The number of carbonyl (C=O) groups is 1. The number of rotatable bonds is 5. The van der Waals surface area contributed by atoms with Crippen LogP contribution in [0.4, 0.5) is 10.5 Å². The van der Waals surface area contributed by atoms with Gasteiger partial charge in [0.25, 0.3) is 0 Å². The molecule has 4 rings (SSSR count). The maximum atomic E-state index is 12.6. The summed E-state index contributed by atoms with van der Waals surface area (Å²) in [6.07, 6.45) is 2.70. The van der Waals surface area contributed by atoms with Crippen molar-refractivity contribution in [3.8, 4) is 0 Å². The molecule has 0 radical (unpaired) electrons. The van der Waals surface area contributed by atoms with Crippen LogP contribution in [0.5, 0.6) is 0 Å². The lowest BCUT2D eigenvalue weighted by Crippen LogP contribution is -2.50. The van der Waals surface area contributed by atoms with Crippen LogP contribution in [0.2, 0.25) is 5.02 Å². The smallest absolute Gasteiger partial charge is 0.321 e. The first-order chi connectivity index (χ1) is 14.5. The number of hydrogen-bond acceptors (Lipinski definition) is 4. The van der Waals surface area contributed by atoms with Crippen molar-refractivity contribution in [2.75, 3.05) is 38.0 Å². The fourth-order valence-electron chi connectivity index (χ4n) is 3.80. The molecule has 1 fully saturated rings. The molecule has 158 valence electrons. The van der Waals surface area contributed by atoms with Crippen molar-refractivity contribution < 1.29 is 4.79 Å². The van der Waals surface area contributed by atoms with Gasteiger partial charge in [0, 0.05) is 62.6 Å². The van der Waals surface area contributed by atoms with Crippen molar-refractivity contribution in [1.82, 2.24) is 24.3 Å². The quantitative estimate of drug-likeness (QED) is 0.673. The first-order valence-corrected chi connectivity index (χ1v) is 10.8. The molecule has 0 saturated carbocycles. The largest absolute Gasteiger partial charge is 0.322 e. The highest BCUT2D eigenvalue weighted by Gasteiger charge is 2.21. The van der Waals surface area contributed by atoms with Crippen LogP contribution in [0.25, 0.3) is 11.2 Å². The Hall–Kier alpha value is -2.64. The fraction of sp³-hybridized carbons (Fsp3) is 0.409. The lowest BCUT2D eigenvalue weighted by atomic mass is 10.2. The third-order valence-electron chi connectivity index (χ3n) is 5.62. The van der Waals surface area contributed by atoms with Gasteiger partial charge in [0.05, 0.1) is 0 Å². The normalized spacial score (nSPS) is 15.0. The van der Waals surface area contributed by atoms with Crippen LogP contribution in [-0.2, 0) is 13.0 Å². The van der Waals surface area contributed by atoms with E-state index < -0.39 is 0 Å². The van der Waals surface area contributed by atoms with Gasteiger partial charge in [-0.15, -0.1) is 0 Å². The zero-order valence-electron chi connectivity index (χ0n) is 17.4. The van der Waals surface area contributed by atoms with Gasteiger partial charge in [0.2, 0.25) is 0 Å². The Kier molecular flexibility index (Phi) is 6.20. The second-order valence-corrected chi connectivity index (χ2v) is 8.01. The van der Waals surface area contributed by atoms with E-state index in [4.69, 9.17) is 16.6 Å². The average Bonchev–Trinajstić information content (AvgIpc) is 3.13. The number of pyridine rings is 1. The van der Waals surface area contributed by atoms with Gasteiger partial charge in [-0.3, -0.25) is 4.90 Å². The second kappa shape index (κ2) is 9.02. The van der Waals surface area contributed by atoms with Gasteiger partial charge >= 0.3 is 6.03 Å². The molecule has 0 atom stereocenters. The van der Waals surface area contributed by atoms with Crippen LogP contribution in [-0.4, -0.2) is 63.1 Å². The van der Waals surface area contributed by atoms with Gasteiger partial charge in [-0.25, -0.2) is 14.8 Å². The molecule has 8 heteroatoms. The summed E-state index contributed by atoms with van der Waals surface area (Å²) >= 11 is 6.15. The van der Waals surface area contributed by atoms with Gasteiger partial charge in [-0.2, -0.15) is 0 Å². The van der Waals surface area contributed by atoms with E-state index in [0.29, 0.717) is 18.1 Å². The molecule has 1 N–H and O–H groups in total. The number of aryl methyl sites for hydroxylation is 2. The van der Waals surface area contributed by atoms with Crippen LogP contribution in [0, 0.1) is 6.92 Å². The van der Waals surface area contributed by atoms with Crippen LogP contribution in [0.15, 0.2) is 36.5 Å². The average molecular weight is 427 g/mol. The van der Waals surface area contributed by atoms with Crippen LogP contribution >= 0.6 is 11.6 Å². The summed E-state index contributed by atoms with van der Waals surface area (Å²) in [7, 11) is 0. The van der Waals surface area contributed by atoms with Crippen LogP contribution in [0.3, 0.4) is 0 Å². The summed E-state index contributed by atoms with van der Waals surface area (Å²) in [4.78, 5) is 26.0. The number of imidazole rings is 1. The zero-order valence-corrected chi connectivity index (χ0v) is 18.2. The van der Waals surface area contributed by atoms with Crippen LogP contribution in [0.1, 0.15) is 18.3 Å². The molecule has 0 bridgehead atoms. The summed E-state index contributed by atoms with van der Waals surface area (Å²) in [5, 5.41) is 3.61. The lowest BCUT2D eigenvalue weighted by molar-refractivity contribution is 0.144. The summed E-state index contributed by atoms with van der Waals surface area (Å²) in [6.45, 7) is 8.94. The molecule has 0 spiro atoms. The van der Waals surface area contributed by atoms with Gasteiger partial charge in [0.1, 0.15) is 11.3 Å². The monoisotopic (exact) mass is 426 g/mol. The minimum Gasteiger partial charge on any atom is -0.322 e. The third-order valence-corrected chi connectivity index (χ3v) is 6.03. The van der Waals surface area contributed by atoms with E-state index in [-0.39, 0.29) is 6.03 Å². The Morgan fingerprint density at radius 1 is 1.17 bits per heavy atom. The summed E-state index contributed by atoms with van der Waals surface area (Å²) in [5.41, 5.74) is 3.62. The number of piperazine rings is 1. The highest BCUT2D eigenvalue weighted by atomic mass is 35.5. The number of nitrogens with zero attached hydrogens (tertiary/aromatic N) is 5. The lowest BCUT2D eigenvalue weighted by Gasteiger charge is -2.34. The number of anilines is 1. The maximum Gasteiger partial charge on any atom is 0.321 e. The SMILES string of the molecule is CCc1nc2cccnc2n1CCN1CCN(C(=O)Nc2ccc(C)c(Cl)c2)CC1. The molecule has 1 aliphatic rings. The molecule has 30 heavy (non-hydrogen) atoms. The minimum absolute atomic E-state index is 0.0763. The standard InChI is InChI=1S/C22H27ClN6O/c1-3-20-26-19-5-4-8-24-21(19)29(20)14-11-27-9-12-28(13-10-27)22(30)25-17-7-6-16(2)18(23)15-17/h4-8,15H,3,9-14H2,1-2H3,(H,25,30). The predicted octanol–water partition coefficient (Wildman–Crippen LogP) is 3.81. The predicted molar refractivity (Wildman–Crippen MR) is 120 cm³/mol. The summed E-state index contributed by atoms with van der Waals surface area (Å²) in [5.74, 6) is 1.07. The molecule has 7 nitrogen and oxygen atoms in total. The van der Waals surface area contributed by atoms with E-state index in [1.54, 1.807) is 6.07 Å². The number of carbonyl (C=O) groups excluding carboxylic acids is 1. The number of amides is 2. The van der Waals surface area contributed by atoms with Crippen molar-refractivity contribution in [3.05, 3.63) is 52.9 Å². The number of hydrogen-bond donors (Lipinski definition) is 1. The van der Waals surface area contributed by atoms with E-state index in [1.807, 2.05) is 42.3 Å². The molecule has 0 aliphatic carbocycles. The number of aromatic nitrogens is 3. The van der Waals surface area contributed by atoms with E-state index in [9.17, 15) is 4.79 Å². The van der Waals surface area contributed by atoms with Crippen molar-refractivity contribution in [1.29, 1.82) is 0 Å². The van der Waals surface area contributed by atoms with Gasteiger partial charge in [-0.05, 0) is 36.8 Å². The Morgan fingerprint density at radius 2 is 1.97 bits per heavy atom. The molecule has 1 aromatic carbocycles. The molecule has 0 unspecified atom stereocenters. The Morgan fingerprint density at radius 3 is 2.70 bits per heavy atom. The first kappa shape index (κ1) is 20.6. The number of urea groups is 1. The summed E-state index contributed by atoms with van der Waals surface area (Å²) < 4.78 is 2.22. The number of fused-ring (bicyclic) bond motifs is 1. The third kappa shape index (κ3) is 4.42. The van der Waals surface area contributed by atoms with Crippen molar-refractivity contribution in [3.63, 3.8) is 0 Å².